The van der Waals surface area contributed by atoms with Crippen molar-refractivity contribution >= 4 is 28.1 Å². The minimum absolute atomic E-state index is 0.0754. The molecule has 0 spiro atoms. The Balaban J connectivity index is 0.000000377. The zero-order valence-corrected chi connectivity index (χ0v) is 17.7. The van der Waals surface area contributed by atoms with Gasteiger partial charge in [-0.2, -0.15) is 4.21 Å². The van der Waals surface area contributed by atoms with E-state index >= 15 is 0 Å². The molecule has 2 aromatic carbocycles. The number of para-hydroxylation sites is 2. The standard InChI is InChI=1S/C18H16F2N2.C4H10.HNOS/c19-18(20)9-10-22(12-18)17-8-4-2-6-14(17)16-11-13-5-1-3-7-15(13)21-16;1-4(2)3;1-3-2/h1-8,11,21H,9-10,12H2;4H,1-3H3;1H. The van der Waals surface area contributed by atoms with Crippen molar-refractivity contribution in [2.24, 2.45) is 5.92 Å². The molecule has 29 heavy (non-hydrogen) atoms. The zero-order chi connectivity index (χ0) is 21.4. The maximum absolute atomic E-state index is 13.5. The van der Waals surface area contributed by atoms with Gasteiger partial charge in [-0.1, -0.05) is 57.2 Å². The number of hydrogen-bond acceptors (Lipinski definition) is 3. The summed E-state index contributed by atoms with van der Waals surface area (Å²) < 4.78 is 41.1. The maximum Gasteiger partial charge on any atom is 0.266 e. The predicted octanol–water partition coefficient (Wildman–Crippen LogP) is 6.30. The smallest absolute Gasteiger partial charge is 0.266 e. The van der Waals surface area contributed by atoms with Crippen LogP contribution in [0.1, 0.15) is 27.2 Å². The third kappa shape index (κ3) is 6.49. The Morgan fingerprint density at radius 2 is 1.69 bits per heavy atom. The average molecular weight is 420 g/mol. The van der Waals surface area contributed by atoms with E-state index in [4.69, 9.17) is 8.99 Å². The molecule has 0 radical (unpaired) electrons. The number of aromatic amines is 1. The number of fused-ring (bicyclic) bond motifs is 1. The second-order valence-corrected chi connectivity index (χ2v) is 7.80. The molecule has 7 heteroatoms. The van der Waals surface area contributed by atoms with Crippen LogP contribution in [0.5, 0.6) is 0 Å². The molecular formula is C22H27F2N3OS. The van der Waals surface area contributed by atoms with Gasteiger partial charge in [-0.15, -0.1) is 0 Å². The van der Waals surface area contributed by atoms with Gasteiger partial charge in [0, 0.05) is 40.8 Å². The second-order valence-electron chi connectivity index (χ2n) is 7.63. The molecule has 3 aromatic rings. The molecule has 0 atom stereocenters. The summed E-state index contributed by atoms with van der Waals surface area (Å²) in [5, 5.41) is 1.12. The number of halogens is 2. The quantitative estimate of drug-likeness (QED) is 0.512. The molecule has 4 nitrogen and oxygen atoms in total. The minimum Gasteiger partial charge on any atom is -0.365 e. The molecule has 0 unspecified atom stereocenters. The van der Waals surface area contributed by atoms with Crippen LogP contribution in [0.4, 0.5) is 14.5 Å². The van der Waals surface area contributed by atoms with Crippen molar-refractivity contribution < 1.29 is 13.0 Å². The lowest BCUT2D eigenvalue weighted by Gasteiger charge is -2.21. The summed E-state index contributed by atoms with van der Waals surface area (Å²) in [5.74, 6) is -1.76. The number of aromatic nitrogens is 1. The summed E-state index contributed by atoms with van der Waals surface area (Å²) in [6.45, 7) is 6.69. The lowest BCUT2D eigenvalue weighted by Crippen LogP contribution is -2.25. The van der Waals surface area contributed by atoms with E-state index < -0.39 is 5.92 Å². The highest BCUT2D eigenvalue weighted by Gasteiger charge is 2.38. The Morgan fingerprint density at radius 1 is 1.10 bits per heavy atom. The van der Waals surface area contributed by atoms with E-state index in [2.05, 4.69) is 31.8 Å². The van der Waals surface area contributed by atoms with Crippen molar-refractivity contribution in [3.05, 3.63) is 54.6 Å². The van der Waals surface area contributed by atoms with E-state index in [1.807, 2.05) is 48.5 Å². The van der Waals surface area contributed by atoms with Gasteiger partial charge in [-0.3, -0.25) is 0 Å². The third-order valence-electron chi connectivity index (χ3n) is 4.23. The number of alkyl halides is 2. The minimum atomic E-state index is -2.59. The van der Waals surface area contributed by atoms with Crippen molar-refractivity contribution in [3.63, 3.8) is 0 Å². The maximum atomic E-state index is 13.5. The first-order valence-electron chi connectivity index (χ1n) is 9.53. The topological polar surface area (TPSA) is 60.0 Å². The number of H-pyrrole nitrogens is 1. The SMILES string of the molecule is CC(C)C.FC1(F)CCN(c2ccccc2-c2cc3ccccc3[nH]2)C1.N=S=O. The first kappa shape index (κ1) is 22.7. The molecule has 1 aromatic heterocycles. The van der Waals surface area contributed by atoms with Crippen LogP contribution in [0, 0.1) is 10.7 Å². The molecular weight excluding hydrogens is 392 g/mol. The van der Waals surface area contributed by atoms with Crippen molar-refractivity contribution in [1.29, 1.82) is 4.78 Å². The van der Waals surface area contributed by atoms with Gasteiger partial charge in [0.25, 0.3) is 5.92 Å². The Bertz CT molecular complexity index is 930. The van der Waals surface area contributed by atoms with Gasteiger partial charge in [0.15, 0.2) is 11.5 Å². The molecule has 1 aliphatic rings. The van der Waals surface area contributed by atoms with Crippen LogP contribution in [0.25, 0.3) is 22.2 Å². The molecule has 2 N–H and O–H groups in total. The molecule has 1 saturated heterocycles. The summed E-state index contributed by atoms with van der Waals surface area (Å²) in [4.78, 5) is 5.16. The van der Waals surface area contributed by atoms with Crippen LogP contribution in [0.2, 0.25) is 0 Å². The highest BCUT2D eigenvalue weighted by Crippen LogP contribution is 2.37. The van der Waals surface area contributed by atoms with Crippen LogP contribution >= 0.6 is 0 Å². The fraction of sp³-hybridized carbons (Fsp3) is 0.364. The molecule has 1 aliphatic heterocycles. The number of benzene rings is 2. The summed E-state index contributed by atoms with van der Waals surface area (Å²) >= 11 is -0.250. The summed E-state index contributed by atoms with van der Waals surface area (Å²) in [5.41, 5.74) is 3.86. The van der Waals surface area contributed by atoms with Gasteiger partial charge in [-0.25, -0.2) is 13.6 Å². The number of anilines is 1. The van der Waals surface area contributed by atoms with Crippen LogP contribution in [0.15, 0.2) is 54.6 Å². The van der Waals surface area contributed by atoms with E-state index in [0.29, 0.717) is 6.54 Å². The highest BCUT2D eigenvalue weighted by atomic mass is 32.1. The Hall–Kier alpha value is -2.54. The number of nitrogens with zero attached hydrogens (tertiary/aromatic N) is 1. The van der Waals surface area contributed by atoms with E-state index in [9.17, 15) is 8.78 Å². The lowest BCUT2D eigenvalue weighted by molar-refractivity contribution is 0.0257. The van der Waals surface area contributed by atoms with Crippen LogP contribution in [0.3, 0.4) is 0 Å². The number of nitrogens with one attached hydrogen (secondary N) is 2. The van der Waals surface area contributed by atoms with E-state index in [0.717, 1.165) is 33.8 Å². The van der Waals surface area contributed by atoms with Crippen molar-refractivity contribution in [2.75, 3.05) is 18.0 Å². The second kappa shape index (κ2) is 10.3. The zero-order valence-electron chi connectivity index (χ0n) is 16.9. The number of rotatable bonds is 2. The van der Waals surface area contributed by atoms with Gasteiger partial charge in [0.2, 0.25) is 0 Å². The summed E-state index contributed by atoms with van der Waals surface area (Å²) in [7, 11) is 0. The summed E-state index contributed by atoms with van der Waals surface area (Å²) in [6, 6.07) is 17.9. The van der Waals surface area contributed by atoms with Gasteiger partial charge in [0.05, 0.1) is 6.54 Å². The summed E-state index contributed by atoms with van der Waals surface area (Å²) in [6.07, 6.45) is -0.0754. The van der Waals surface area contributed by atoms with Crippen LogP contribution in [-0.4, -0.2) is 28.2 Å². The highest BCUT2D eigenvalue weighted by molar-refractivity contribution is 7.53. The molecule has 2 heterocycles. The van der Waals surface area contributed by atoms with Crippen LogP contribution < -0.4 is 4.90 Å². The van der Waals surface area contributed by atoms with Crippen molar-refractivity contribution in [3.8, 4) is 11.3 Å². The molecule has 1 fully saturated rings. The first-order chi connectivity index (χ1) is 13.8. The Morgan fingerprint density at radius 3 is 2.28 bits per heavy atom. The van der Waals surface area contributed by atoms with Gasteiger partial charge >= 0.3 is 0 Å². The molecule has 0 aliphatic carbocycles. The molecule has 0 amide bonds. The third-order valence-corrected chi connectivity index (χ3v) is 4.23. The predicted molar refractivity (Wildman–Crippen MR) is 117 cm³/mol. The fourth-order valence-corrected chi connectivity index (χ4v) is 3.14. The normalized spacial score (nSPS) is 14.8. The largest absolute Gasteiger partial charge is 0.365 e. The molecule has 0 saturated carbocycles. The molecule has 156 valence electrons. The molecule has 4 rings (SSSR count). The Kier molecular flexibility index (Phi) is 8.08. The monoisotopic (exact) mass is 419 g/mol. The van der Waals surface area contributed by atoms with Crippen LogP contribution in [-0.2, 0) is 11.5 Å². The van der Waals surface area contributed by atoms with Gasteiger partial charge in [0.1, 0.15) is 0 Å². The fourth-order valence-electron chi connectivity index (χ4n) is 3.14. The number of hydrogen-bond donors (Lipinski definition) is 2. The van der Waals surface area contributed by atoms with E-state index in [1.165, 1.54) is 0 Å². The molecule has 0 bridgehead atoms. The van der Waals surface area contributed by atoms with E-state index in [-0.39, 0.29) is 24.4 Å². The van der Waals surface area contributed by atoms with Crippen molar-refractivity contribution in [1.82, 2.24) is 4.98 Å². The van der Waals surface area contributed by atoms with Gasteiger partial charge in [-0.05, 0) is 24.1 Å². The van der Waals surface area contributed by atoms with Gasteiger partial charge < -0.3 is 9.88 Å². The lowest BCUT2D eigenvalue weighted by atomic mass is 10.1. The van der Waals surface area contributed by atoms with E-state index in [1.54, 1.807) is 4.90 Å². The van der Waals surface area contributed by atoms with Crippen molar-refractivity contribution in [2.45, 2.75) is 33.1 Å². The first-order valence-corrected chi connectivity index (χ1v) is 10.3. The Labute approximate surface area is 174 Å². The average Bonchev–Trinajstić information content (AvgIpc) is 3.25.